The molecular weight excluding hydrogens is 278 g/mol. The summed E-state index contributed by atoms with van der Waals surface area (Å²) in [5.41, 5.74) is 2.56. The maximum absolute atomic E-state index is 5.36. The van der Waals surface area contributed by atoms with Crippen molar-refractivity contribution < 1.29 is 4.74 Å². The van der Waals surface area contributed by atoms with Crippen molar-refractivity contribution in [2.24, 2.45) is 0 Å². The standard InChI is InChI=1S/C18H25NOS/c1-4-11-19-17(9-8-16-6-5-12-21-16)15-7-10-18(20-3)14(2)13-15/h5-7,10,12-13,17,19H,4,8-9,11H2,1-3H3. The molecule has 114 valence electrons. The van der Waals surface area contributed by atoms with E-state index in [4.69, 9.17) is 4.74 Å². The van der Waals surface area contributed by atoms with Crippen molar-refractivity contribution in [1.29, 1.82) is 0 Å². The molecular formula is C18H25NOS. The molecule has 1 atom stereocenters. The Labute approximate surface area is 132 Å². The summed E-state index contributed by atoms with van der Waals surface area (Å²) >= 11 is 1.85. The van der Waals surface area contributed by atoms with Crippen molar-refractivity contribution in [3.05, 3.63) is 51.7 Å². The minimum atomic E-state index is 0.414. The molecule has 0 bridgehead atoms. The van der Waals surface area contributed by atoms with Crippen LogP contribution in [0.15, 0.2) is 35.7 Å². The van der Waals surface area contributed by atoms with Gasteiger partial charge in [-0.3, -0.25) is 0 Å². The lowest BCUT2D eigenvalue weighted by Crippen LogP contribution is -2.22. The molecule has 1 heterocycles. The molecule has 1 N–H and O–H groups in total. The Balaban J connectivity index is 2.08. The van der Waals surface area contributed by atoms with Crippen molar-refractivity contribution in [3.63, 3.8) is 0 Å². The van der Waals surface area contributed by atoms with Gasteiger partial charge in [0.25, 0.3) is 0 Å². The molecule has 0 aliphatic rings. The number of methoxy groups -OCH3 is 1. The van der Waals surface area contributed by atoms with E-state index in [1.807, 2.05) is 11.3 Å². The van der Waals surface area contributed by atoms with E-state index in [2.05, 4.69) is 54.9 Å². The predicted molar refractivity (Wildman–Crippen MR) is 91.4 cm³/mol. The molecule has 0 amide bonds. The topological polar surface area (TPSA) is 21.3 Å². The Hall–Kier alpha value is -1.32. The second-order valence-electron chi connectivity index (χ2n) is 5.35. The number of benzene rings is 1. The van der Waals surface area contributed by atoms with Crippen LogP contribution in [0.5, 0.6) is 5.75 Å². The minimum absolute atomic E-state index is 0.414. The maximum atomic E-state index is 5.36. The lowest BCUT2D eigenvalue weighted by Gasteiger charge is -2.20. The quantitative estimate of drug-likeness (QED) is 0.760. The molecule has 1 aromatic heterocycles. The third-order valence-corrected chi connectivity index (χ3v) is 4.66. The van der Waals surface area contributed by atoms with Crippen LogP contribution < -0.4 is 10.1 Å². The number of aryl methyl sites for hydroxylation is 2. The highest BCUT2D eigenvalue weighted by Gasteiger charge is 2.12. The Bertz CT molecular complexity index is 536. The second kappa shape index (κ2) is 8.20. The number of ether oxygens (including phenoxy) is 1. The van der Waals surface area contributed by atoms with Crippen LogP contribution in [0.2, 0.25) is 0 Å². The van der Waals surface area contributed by atoms with Gasteiger partial charge in [-0.25, -0.2) is 0 Å². The Morgan fingerprint density at radius 1 is 1.29 bits per heavy atom. The largest absolute Gasteiger partial charge is 0.496 e. The number of hydrogen-bond donors (Lipinski definition) is 1. The van der Waals surface area contributed by atoms with Crippen LogP contribution in [0, 0.1) is 6.92 Å². The van der Waals surface area contributed by atoms with Crippen molar-refractivity contribution in [2.75, 3.05) is 13.7 Å². The minimum Gasteiger partial charge on any atom is -0.496 e. The monoisotopic (exact) mass is 303 g/mol. The van der Waals surface area contributed by atoms with Crippen molar-refractivity contribution in [3.8, 4) is 5.75 Å². The van der Waals surface area contributed by atoms with Crippen molar-refractivity contribution in [1.82, 2.24) is 5.32 Å². The van der Waals surface area contributed by atoms with E-state index in [0.29, 0.717) is 6.04 Å². The van der Waals surface area contributed by atoms with Crippen LogP contribution in [0.25, 0.3) is 0 Å². The van der Waals surface area contributed by atoms with Gasteiger partial charge < -0.3 is 10.1 Å². The van der Waals surface area contributed by atoms with Gasteiger partial charge in [0, 0.05) is 10.9 Å². The first-order chi connectivity index (χ1) is 10.2. The first-order valence-electron chi connectivity index (χ1n) is 7.65. The zero-order chi connectivity index (χ0) is 15.1. The van der Waals surface area contributed by atoms with Gasteiger partial charge in [-0.15, -0.1) is 11.3 Å². The summed E-state index contributed by atoms with van der Waals surface area (Å²) in [7, 11) is 1.73. The van der Waals surface area contributed by atoms with E-state index >= 15 is 0 Å². The number of nitrogens with one attached hydrogen (secondary N) is 1. The molecule has 0 spiro atoms. The van der Waals surface area contributed by atoms with E-state index in [1.54, 1.807) is 7.11 Å². The summed E-state index contributed by atoms with van der Waals surface area (Å²) in [5.74, 6) is 0.964. The fraction of sp³-hybridized carbons (Fsp3) is 0.444. The van der Waals surface area contributed by atoms with Gasteiger partial charge in [0.05, 0.1) is 7.11 Å². The highest BCUT2D eigenvalue weighted by atomic mass is 32.1. The molecule has 0 saturated carbocycles. The average molecular weight is 303 g/mol. The zero-order valence-electron chi connectivity index (χ0n) is 13.2. The van der Waals surface area contributed by atoms with Crippen LogP contribution in [0.1, 0.15) is 41.8 Å². The Morgan fingerprint density at radius 2 is 2.14 bits per heavy atom. The maximum Gasteiger partial charge on any atom is 0.121 e. The van der Waals surface area contributed by atoms with Gasteiger partial charge in [-0.05, 0) is 61.4 Å². The molecule has 0 aliphatic heterocycles. The highest BCUT2D eigenvalue weighted by Crippen LogP contribution is 2.26. The lowest BCUT2D eigenvalue weighted by atomic mass is 9.99. The third-order valence-electron chi connectivity index (χ3n) is 3.72. The van der Waals surface area contributed by atoms with Crippen LogP contribution in [-0.4, -0.2) is 13.7 Å². The Kier molecular flexibility index (Phi) is 6.27. The van der Waals surface area contributed by atoms with Crippen molar-refractivity contribution in [2.45, 2.75) is 39.2 Å². The Morgan fingerprint density at radius 3 is 2.76 bits per heavy atom. The first-order valence-corrected chi connectivity index (χ1v) is 8.53. The summed E-state index contributed by atoms with van der Waals surface area (Å²) in [6.07, 6.45) is 3.42. The van der Waals surface area contributed by atoms with Gasteiger partial charge in [0.15, 0.2) is 0 Å². The van der Waals surface area contributed by atoms with Gasteiger partial charge in [-0.2, -0.15) is 0 Å². The molecule has 0 saturated heterocycles. The molecule has 3 heteroatoms. The molecule has 1 unspecified atom stereocenters. The van der Waals surface area contributed by atoms with Gasteiger partial charge >= 0.3 is 0 Å². The normalized spacial score (nSPS) is 12.3. The van der Waals surface area contributed by atoms with E-state index in [0.717, 1.165) is 31.6 Å². The summed E-state index contributed by atoms with van der Waals surface area (Å²) in [6.45, 7) is 5.38. The molecule has 2 aromatic rings. The molecule has 1 aromatic carbocycles. The van der Waals surface area contributed by atoms with Crippen LogP contribution in [-0.2, 0) is 6.42 Å². The molecule has 0 radical (unpaired) electrons. The predicted octanol–water partition coefficient (Wildman–Crippen LogP) is 4.74. The second-order valence-corrected chi connectivity index (χ2v) is 6.39. The summed E-state index contributed by atoms with van der Waals surface area (Å²) in [6, 6.07) is 11.3. The third kappa shape index (κ3) is 4.58. The summed E-state index contributed by atoms with van der Waals surface area (Å²) in [5, 5.41) is 5.83. The van der Waals surface area contributed by atoms with Crippen LogP contribution >= 0.6 is 11.3 Å². The number of hydrogen-bond acceptors (Lipinski definition) is 3. The van der Waals surface area contributed by atoms with Gasteiger partial charge in [0.1, 0.15) is 5.75 Å². The average Bonchev–Trinajstić information content (AvgIpc) is 3.00. The highest BCUT2D eigenvalue weighted by molar-refractivity contribution is 7.09. The lowest BCUT2D eigenvalue weighted by molar-refractivity contribution is 0.411. The SMILES string of the molecule is CCCNC(CCc1cccs1)c1ccc(OC)c(C)c1. The van der Waals surface area contributed by atoms with E-state index in [9.17, 15) is 0 Å². The van der Waals surface area contributed by atoms with Gasteiger partial charge in [0.2, 0.25) is 0 Å². The van der Waals surface area contributed by atoms with Gasteiger partial charge in [-0.1, -0.05) is 25.1 Å². The number of rotatable bonds is 8. The van der Waals surface area contributed by atoms with E-state index in [1.165, 1.54) is 16.0 Å². The zero-order valence-corrected chi connectivity index (χ0v) is 14.0. The smallest absolute Gasteiger partial charge is 0.121 e. The summed E-state index contributed by atoms with van der Waals surface area (Å²) in [4.78, 5) is 1.46. The molecule has 2 rings (SSSR count). The van der Waals surface area contributed by atoms with E-state index < -0.39 is 0 Å². The molecule has 0 aliphatic carbocycles. The first kappa shape index (κ1) is 16.1. The molecule has 2 nitrogen and oxygen atoms in total. The van der Waals surface area contributed by atoms with E-state index in [-0.39, 0.29) is 0 Å². The van der Waals surface area contributed by atoms with Crippen LogP contribution in [0.3, 0.4) is 0 Å². The van der Waals surface area contributed by atoms with Crippen molar-refractivity contribution >= 4 is 11.3 Å². The number of thiophene rings is 1. The summed E-state index contributed by atoms with van der Waals surface area (Å²) < 4.78 is 5.36. The fourth-order valence-electron chi connectivity index (χ4n) is 2.56. The molecule has 0 fully saturated rings. The molecule has 21 heavy (non-hydrogen) atoms. The van der Waals surface area contributed by atoms with Crippen LogP contribution in [0.4, 0.5) is 0 Å². The fourth-order valence-corrected chi connectivity index (χ4v) is 3.29.